The fraction of sp³-hybridized carbons (Fsp3) is 0.143. The number of nitro groups is 1. The molecule has 0 bridgehead atoms. The average Bonchev–Trinajstić information content (AvgIpc) is 3.61. The molecule has 42 heavy (non-hydrogen) atoms. The van der Waals surface area contributed by atoms with Crippen LogP contribution in [0, 0.1) is 16.0 Å². The monoisotopic (exact) mass is 651 g/mol. The maximum atomic E-state index is 13.8. The van der Waals surface area contributed by atoms with Crippen LogP contribution in [0.5, 0.6) is 5.75 Å². The molecule has 0 unspecified atom stereocenters. The number of amides is 2. The number of carbonyl (C=O) groups is 3. The van der Waals surface area contributed by atoms with Crippen molar-refractivity contribution in [3.63, 3.8) is 0 Å². The lowest BCUT2D eigenvalue weighted by Gasteiger charge is -2.28. The molecule has 3 aromatic carbocycles. The number of ether oxygens (including phenoxy) is 1. The van der Waals surface area contributed by atoms with Crippen LogP contribution in [0.3, 0.4) is 0 Å². The number of imide groups is 1. The highest BCUT2D eigenvalue weighted by Crippen LogP contribution is 2.48. The number of hydroxylamine groups is 1. The van der Waals surface area contributed by atoms with Crippen molar-refractivity contribution in [2.45, 2.75) is 12.1 Å². The molecule has 3 atom stereocenters. The number of carbonyl (C=O) groups excluding carboxylic acids is 3. The number of hydrogen-bond acceptors (Lipinski definition) is 9. The molecular formula is C28H19BrClN5O7. The summed E-state index contributed by atoms with van der Waals surface area (Å²) in [6, 6.07) is 17.9. The largest absolute Gasteiger partial charge is 0.422 e. The van der Waals surface area contributed by atoms with Gasteiger partial charge in [0, 0.05) is 23.7 Å². The number of halogens is 2. The minimum absolute atomic E-state index is 0.0766. The summed E-state index contributed by atoms with van der Waals surface area (Å²) in [6.07, 6.45) is 0.160. The molecule has 14 heteroatoms. The van der Waals surface area contributed by atoms with Crippen molar-refractivity contribution in [1.29, 1.82) is 0 Å². The van der Waals surface area contributed by atoms with Crippen LogP contribution in [-0.2, 0) is 21.5 Å². The topological polar surface area (TPSA) is 137 Å². The number of anilines is 2. The Morgan fingerprint density at radius 2 is 1.76 bits per heavy atom. The standard InChI is InChI=1S/C28H19BrClN5O7/c1-32-24(21(30)14-31-32)28(38)41-20-11-5-15(6-12-20)23-22-25(42-34(23)18-3-2-4-19(13-18)35(39)40)27(37)33(26(22)36)17-9-7-16(29)8-10-17/h2-14,22-23,25H,1H3/t22-,23+,25+/m0/s1. The molecule has 2 saturated heterocycles. The first-order valence-corrected chi connectivity index (χ1v) is 13.6. The fourth-order valence-corrected chi connectivity index (χ4v) is 5.60. The van der Waals surface area contributed by atoms with Crippen LogP contribution in [0.4, 0.5) is 17.1 Å². The van der Waals surface area contributed by atoms with E-state index in [9.17, 15) is 24.5 Å². The molecule has 0 N–H and O–H groups in total. The van der Waals surface area contributed by atoms with Crippen molar-refractivity contribution in [3.8, 4) is 5.75 Å². The van der Waals surface area contributed by atoms with Gasteiger partial charge in [-0.15, -0.1) is 0 Å². The Morgan fingerprint density at radius 3 is 2.40 bits per heavy atom. The van der Waals surface area contributed by atoms with Gasteiger partial charge in [-0.3, -0.25) is 29.2 Å². The molecule has 3 heterocycles. The second-order valence-electron chi connectivity index (χ2n) is 9.51. The van der Waals surface area contributed by atoms with Crippen molar-refractivity contribution in [1.82, 2.24) is 9.78 Å². The molecular weight excluding hydrogens is 634 g/mol. The number of rotatable bonds is 6. The molecule has 0 spiro atoms. The van der Waals surface area contributed by atoms with Crippen molar-refractivity contribution in [2.24, 2.45) is 13.0 Å². The Balaban J connectivity index is 1.36. The van der Waals surface area contributed by atoms with Gasteiger partial charge in [-0.2, -0.15) is 5.10 Å². The van der Waals surface area contributed by atoms with Gasteiger partial charge in [-0.1, -0.05) is 45.7 Å². The molecule has 12 nitrogen and oxygen atoms in total. The molecule has 2 aliphatic heterocycles. The minimum Gasteiger partial charge on any atom is -0.422 e. The highest BCUT2D eigenvalue weighted by Gasteiger charge is 2.60. The van der Waals surface area contributed by atoms with Gasteiger partial charge < -0.3 is 4.74 Å². The number of non-ortho nitro benzene ring substituents is 1. The Morgan fingerprint density at radius 1 is 1.05 bits per heavy atom. The van der Waals surface area contributed by atoms with Gasteiger partial charge >= 0.3 is 5.97 Å². The van der Waals surface area contributed by atoms with E-state index in [1.54, 1.807) is 49.5 Å². The number of fused-ring (bicyclic) bond motifs is 1. The van der Waals surface area contributed by atoms with Crippen LogP contribution in [0.25, 0.3) is 0 Å². The zero-order valence-corrected chi connectivity index (χ0v) is 23.9. The lowest BCUT2D eigenvalue weighted by atomic mass is 9.90. The second-order valence-corrected chi connectivity index (χ2v) is 10.8. The lowest BCUT2D eigenvalue weighted by Crippen LogP contribution is -2.37. The molecule has 2 fully saturated rings. The molecule has 1 aromatic heterocycles. The number of hydrogen-bond donors (Lipinski definition) is 0. The van der Waals surface area contributed by atoms with E-state index in [2.05, 4.69) is 21.0 Å². The summed E-state index contributed by atoms with van der Waals surface area (Å²) < 4.78 is 7.54. The van der Waals surface area contributed by atoms with Gasteiger partial charge in [0.15, 0.2) is 11.8 Å². The molecule has 0 aliphatic carbocycles. The highest BCUT2D eigenvalue weighted by molar-refractivity contribution is 9.10. The van der Waals surface area contributed by atoms with Crippen molar-refractivity contribution < 1.29 is 28.9 Å². The van der Waals surface area contributed by atoms with Crippen LogP contribution >= 0.6 is 27.5 Å². The van der Waals surface area contributed by atoms with E-state index in [1.807, 2.05) is 0 Å². The Labute approximate surface area is 251 Å². The van der Waals surface area contributed by atoms with Crippen LogP contribution in [0.1, 0.15) is 22.1 Å². The Hall–Kier alpha value is -4.59. The van der Waals surface area contributed by atoms with Gasteiger partial charge in [-0.25, -0.2) is 14.8 Å². The molecule has 2 amide bonds. The SMILES string of the molecule is Cn1ncc(Cl)c1C(=O)Oc1ccc([C@@H]2[C@@H]3C(=O)N(c4ccc(Br)cc4)C(=O)[C@@H]3ON2c2cccc([N+](=O)[O-])c2)cc1. The van der Waals surface area contributed by atoms with Crippen LogP contribution in [-0.4, -0.2) is 38.6 Å². The Kier molecular flexibility index (Phi) is 7.01. The average molecular weight is 653 g/mol. The van der Waals surface area contributed by atoms with Gasteiger partial charge in [0.2, 0.25) is 5.91 Å². The van der Waals surface area contributed by atoms with Gasteiger partial charge in [-0.05, 0) is 48.0 Å². The number of esters is 1. The summed E-state index contributed by atoms with van der Waals surface area (Å²) in [5.74, 6) is -2.52. The Bertz CT molecular complexity index is 1720. The lowest BCUT2D eigenvalue weighted by molar-refractivity contribution is -0.384. The van der Waals surface area contributed by atoms with E-state index < -0.39 is 40.8 Å². The first kappa shape index (κ1) is 27.6. The van der Waals surface area contributed by atoms with Crippen LogP contribution in [0.15, 0.2) is 83.5 Å². The van der Waals surface area contributed by atoms with E-state index in [0.29, 0.717) is 16.9 Å². The highest BCUT2D eigenvalue weighted by atomic mass is 79.9. The van der Waals surface area contributed by atoms with Crippen LogP contribution < -0.4 is 14.7 Å². The third kappa shape index (κ3) is 4.70. The first-order chi connectivity index (χ1) is 20.1. The zero-order valence-electron chi connectivity index (χ0n) is 21.6. The maximum Gasteiger partial charge on any atom is 0.363 e. The molecule has 2 aliphatic rings. The molecule has 0 radical (unpaired) electrons. The summed E-state index contributed by atoms with van der Waals surface area (Å²) in [6.45, 7) is 0. The fourth-order valence-electron chi connectivity index (χ4n) is 5.09. The maximum absolute atomic E-state index is 13.8. The number of nitro benzene ring substituents is 1. The first-order valence-electron chi connectivity index (χ1n) is 12.5. The van der Waals surface area contributed by atoms with Gasteiger partial charge in [0.05, 0.1) is 33.6 Å². The summed E-state index contributed by atoms with van der Waals surface area (Å²) in [7, 11) is 1.56. The smallest absolute Gasteiger partial charge is 0.363 e. The van der Waals surface area contributed by atoms with Crippen molar-refractivity contribution >= 4 is 62.4 Å². The third-order valence-electron chi connectivity index (χ3n) is 7.01. The predicted octanol–water partition coefficient (Wildman–Crippen LogP) is 5.01. The summed E-state index contributed by atoms with van der Waals surface area (Å²) in [4.78, 5) is 58.1. The minimum atomic E-state index is -1.17. The normalized spacial score (nSPS) is 19.7. The number of nitrogens with zero attached hydrogens (tertiary/aromatic N) is 5. The molecule has 4 aromatic rings. The predicted molar refractivity (Wildman–Crippen MR) is 153 cm³/mol. The molecule has 6 rings (SSSR count). The number of aromatic nitrogens is 2. The van der Waals surface area contributed by atoms with Gasteiger partial charge in [0.25, 0.3) is 11.6 Å². The number of aryl methyl sites for hydroxylation is 1. The number of benzene rings is 3. The quantitative estimate of drug-likeness (QED) is 0.0925. The van der Waals surface area contributed by atoms with E-state index in [4.69, 9.17) is 21.2 Å². The van der Waals surface area contributed by atoms with E-state index in [0.717, 1.165) is 9.37 Å². The van der Waals surface area contributed by atoms with Crippen molar-refractivity contribution in [2.75, 3.05) is 9.96 Å². The summed E-state index contributed by atoms with van der Waals surface area (Å²) >= 11 is 9.40. The second kappa shape index (κ2) is 10.7. The summed E-state index contributed by atoms with van der Waals surface area (Å²) in [5, 5.41) is 16.9. The summed E-state index contributed by atoms with van der Waals surface area (Å²) in [5.41, 5.74) is 1.12. The van der Waals surface area contributed by atoms with E-state index in [1.165, 1.54) is 46.3 Å². The third-order valence-corrected chi connectivity index (χ3v) is 7.82. The molecule has 0 saturated carbocycles. The zero-order chi connectivity index (χ0) is 29.7. The molecule has 212 valence electrons. The van der Waals surface area contributed by atoms with E-state index >= 15 is 0 Å². The van der Waals surface area contributed by atoms with Crippen LogP contribution in [0.2, 0.25) is 5.02 Å². The van der Waals surface area contributed by atoms with Crippen molar-refractivity contribution in [3.05, 3.63) is 110 Å². The van der Waals surface area contributed by atoms with Gasteiger partial charge in [0.1, 0.15) is 11.7 Å². The van der Waals surface area contributed by atoms with E-state index in [-0.39, 0.29) is 22.2 Å².